The molecular formula is C29H26N4O2. The number of aryl methyl sites for hydroxylation is 2. The molecule has 5 rings (SSSR count). The Balaban J connectivity index is 1.55. The number of amides is 2. The van der Waals surface area contributed by atoms with Crippen LogP contribution in [-0.2, 0) is 9.59 Å². The van der Waals surface area contributed by atoms with E-state index in [1.165, 1.54) is 0 Å². The van der Waals surface area contributed by atoms with Gasteiger partial charge < -0.3 is 22.1 Å². The third kappa shape index (κ3) is 4.10. The normalized spacial score (nSPS) is 14.3. The van der Waals surface area contributed by atoms with E-state index in [2.05, 4.69) is 10.6 Å². The lowest BCUT2D eigenvalue weighted by Gasteiger charge is -2.25. The van der Waals surface area contributed by atoms with Crippen LogP contribution >= 0.6 is 0 Å². The molecule has 1 atom stereocenters. The zero-order chi connectivity index (χ0) is 24.7. The molecule has 4 aromatic carbocycles. The van der Waals surface area contributed by atoms with Gasteiger partial charge in [0.2, 0.25) is 5.91 Å². The molecule has 0 bridgehead atoms. The molecule has 0 saturated heterocycles. The SMILES string of the molecule is Cc1cc(NC(=O)C2=CC(C(=O)Nc3ccc(N)c(C)c3)c3cccc4cccc2c34)ccc1N. The van der Waals surface area contributed by atoms with Crippen molar-refractivity contribution in [2.24, 2.45) is 0 Å². The summed E-state index contributed by atoms with van der Waals surface area (Å²) in [5.41, 5.74) is 18.4. The van der Waals surface area contributed by atoms with Crippen molar-refractivity contribution in [1.82, 2.24) is 0 Å². The summed E-state index contributed by atoms with van der Waals surface area (Å²) in [6, 6.07) is 22.5. The van der Waals surface area contributed by atoms with Crippen molar-refractivity contribution in [3.63, 3.8) is 0 Å². The lowest BCUT2D eigenvalue weighted by atomic mass is 9.81. The Morgan fingerprint density at radius 1 is 0.771 bits per heavy atom. The van der Waals surface area contributed by atoms with Gasteiger partial charge >= 0.3 is 0 Å². The Kier molecular flexibility index (Phi) is 5.49. The Morgan fingerprint density at radius 3 is 2.00 bits per heavy atom. The van der Waals surface area contributed by atoms with Gasteiger partial charge in [-0.15, -0.1) is 0 Å². The highest BCUT2D eigenvalue weighted by Gasteiger charge is 2.30. The van der Waals surface area contributed by atoms with Gasteiger partial charge in [-0.05, 0) is 83.3 Å². The van der Waals surface area contributed by atoms with Gasteiger partial charge in [-0.2, -0.15) is 0 Å². The van der Waals surface area contributed by atoms with Gasteiger partial charge in [0, 0.05) is 28.3 Å². The van der Waals surface area contributed by atoms with Crippen LogP contribution in [0.2, 0.25) is 0 Å². The van der Waals surface area contributed by atoms with E-state index in [1.54, 1.807) is 30.3 Å². The van der Waals surface area contributed by atoms with Crippen LogP contribution in [0.1, 0.15) is 28.2 Å². The van der Waals surface area contributed by atoms with Crippen LogP contribution in [0.15, 0.2) is 78.9 Å². The lowest BCUT2D eigenvalue weighted by molar-refractivity contribution is -0.116. The van der Waals surface area contributed by atoms with E-state index in [0.29, 0.717) is 28.3 Å². The van der Waals surface area contributed by atoms with Crippen LogP contribution in [0.5, 0.6) is 0 Å². The summed E-state index contributed by atoms with van der Waals surface area (Å²) in [4.78, 5) is 27.0. The van der Waals surface area contributed by atoms with E-state index in [0.717, 1.165) is 33.0 Å². The van der Waals surface area contributed by atoms with Crippen molar-refractivity contribution in [2.75, 3.05) is 22.1 Å². The van der Waals surface area contributed by atoms with Crippen molar-refractivity contribution in [3.05, 3.63) is 101 Å². The molecule has 174 valence electrons. The second-order valence-electron chi connectivity index (χ2n) is 8.90. The maximum Gasteiger partial charge on any atom is 0.256 e. The summed E-state index contributed by atoms with van der Waals surface area (Å²) in [7, 11) is 0. The third-order valence-electron chi connectivity index (χ3n) is 6.49. The van der Waals surface area contributed by atoms with E-state index < -0.39 is 5.92 Å². The van der Waals surface area contributed by atoms with Crippen LogP contribution in [0, 0.1) is 13.8 Å². The molecule has 0 fully saturated rings. The molecule has 1 aliphatic carbocycles. The first-order chi connectivity index (χ1) is 16.8. The maximum absolute atomic E-state index is 13.5. The Bertz CT molecular complexity index is 1530. The van der Waals surface area contributed by atoms with Crippen molar-refractivity contribution in [1.29, 1.82) is 0 Å². The van der Waals surface area contributed by atoms with E-state index in [4.69, 9.17) is 11.5 Å². The highest BCUT2D eigenvalue weighted by Crippen LogP contribution is 2.40. The molecule has 6 heteroatoms. The predicted octanol–water partition coefficient (Wildman–Crippen LogP) is 5.38. The molecule has 0 aromatic heterocycles. The summed E-state index contributed by atoms with van der Waals surface area (Å²) in [5.74, 6) is -1.14. The van der Waals surface area contributed by atoms with Gasteiger partial charge in [-0.3, -0.25) is 9.59 Å². The van der Waals surface area contributed by atoms with E-state index >= 15 is 0 Å². The maximum atomic E-state index is 13.5. The fourth-order valence-corrected chi connectivity index (χ4v) is 4.54. The number of benzene rings is 4. The van der Waals surface area contributed by atoms with Crippen LogP contribution in [0.25, 0.3) is 16.3 Å². The number of rotatable bonds is 4. The second kappa shape index (κ2) is 8.65. The topological polar surface area (TPSA) is 110 Å². The summed E-state index contributed by atoms with van der Waals surface area (Å²) in [6.45, 7) is 3.78. The van der Waals surface area contributed by atoms with E-state index in [9.17, 15) is 9.59 Å². The van der Waals surface area contributed by atoms with Gasteiger partial charge in [0.1, 0.15) is 0 Å². The largest absolute Gasteiger partial charge is 0.399 e. The van der Waals surface area contributed by atoms with Crippen LogP contribution in [0.4, 0.5) is 22.7 Å². The van der Waals surface area contributed by atoms with Crippen LogP contribution in [-0.4, -0.2) is 11.8 Å². The number of nitrogen functional groups attached to an aromatic ring is 2. The number of hydrogen-bond acceptors (Lipinski definition) is 4. The van der Waals surface area contributed by atoms with Crippen molar-refractivity contribution >= 4 is 50.9 Å². The van der Waals surface area contributed by atoms with Crippen molar-refractivity contribution < 1.29 is 9.59 Å². The molecule has 1 unspecified atom stereocenters. The molecule has 6 nitrogen and oxygen atoms in total. The van der Waals surface area contributed by atoms with E-state index in [1.807, 2.05) is 62.4 Å². The average molecular weight is 463 g/mol. The number of anilines is 4. The molecule has 0 radical (unpaired) electrons. The molecule has 1 aliphatic rings. The summed E-state index contributed by atoms with van der Waals surface area (Å²) in [5, 5.41) is 7.84. The van der Waals surface area contributed by atoms with Crippen molar-refractivity contribution in [2.45, 2.75) is 19.8 Å². The molecular weight excluding hydrogens is 436 g/mol. The Labute approximate surface area is 203 Å². The highest BCUT2D eigenvalue weighted by molar-refractivity contribution is 6.29. The van der Waals surface area contributed by atoms with Gasteiger partial charge in [-0.25, -0.2) is 0 Å². The minimum atomic E-state index is -0.639. The monoisotopic (exact) mass is 462 g/mol. The number of nitrogens with two attached hydrogens (primary N) is 2. The van der Waals surface area contributed by atoms with Gasteiger partial charge in [0.05, 0.1) is 5.92 Å². The minimum Gasteiger partial charge on any atom is -0.399 e. The number of carbonyl (C=O) groups excluding carboxylic acids is 2. The van der Waals surface area contributed by atoms with Gasteiger partial charge in [0.25, 0.3) is 5.91 Å². The van der Waals surface area contributed by atoms with Gasteiger partial charge in [0.15, 0.2) is 0 Å². The fraction of sp³-hybridized carbons (Fsp3) is 0.103. The summed E-state index contributed by atoms with van der Waals surface area (Å²) >= 11 is 0. The lowest BCUT2D eigenvalue weighted by Crippen LogP contribution is -2.24. The van der Waals surface area contributed by atoms with E-state index in [-0.39, 0.29) is 11.8 Å². The molecule has 0 saturated carbocycles. The summed E-state index contributed by atoms with van der Waals surface area (Å²) in [6.07, 6.45) is 1.75. The molecule has 4 aromatic rings. The predicted molar refractivity (Wildman–Crippen MR) is 143 cm³/mol. The highest BCUT2D eigenvalue weighted by atomic mass is 16.2. The van der Waals surface area contributed by atoms with Gasteiger partial charge in [-0.1, -0.05) is 42.5 Å². The second-order valence-corrected chi connectivity index (χ2v) is 8.90. The third-order valence-corrected chi connectivity index (χ3v) is 6.49. The standard InChI is InChI=1S/C29H26N4O2/c1-16-13-19(9-11-25(16)30)32-28(34)23-15-24(29(35)33-20-10-12-26(31)17(2)14-20)22-8-4-6-18-5-3-7-21(23)27(18)22/h3-15,23H,30-31H2,1-2H3,(H,32,34)(H,33,35). The van der Waals surface area contributed by atoms with Crippen LogP contribution < -0.4 is 22.1 Å². The Hall–Kier alpha value is -4.58. The minimum absolute atomic E-state index is 0.218. The fourth-order valence-electron chi connectivity index (χ4n) is 4.54. The molecule has 0 heterocycles. The van der Waals surface area contributed by atoms with Crippen molar-refractivity contribution in [3.8, 4) is 0 Å². The zero-order valence-corrected chi connectivity index (χ0v) is 19.6. The molecule has 0 aliphatic heterocycles. The number of hydrogen-bond donors (Lipinski definition) is 4. The summed E-state index contributed by atoms with van der Waals surface area (Å²) < 4.78 is 0. The number of carbonyl (C=O) groups is 2. The first-order valence-corrected chi connectivity index (χ1v) is 11.4. The smallest absolute Gasteiger partial charge is 0.256 e. The molecule has 6 N–H and O–H groups in total. The quantitative estimate of drug-likeness (QED) is 0.305. The Morgan fingerprint density at radius 2 is 1.37 bits per heavy atom. The average Bonchev–Trinajstić information content (AvgIpc) is 2.84. The molecule has 0 spiro atoms. The number of nitrogens with one attached hydrogen (secondary N) is 2. The first-order valence-electron chi connectivity index (χ1n) is 11.4. The zero-order valence-electron chi connectivity index (χ0n) is 19.6. The van der Waals surface area contributed by atoms with Crippen LogP contribution in [0.3, 0.4) is 0 Å². The molecule has 2 amide bonds. The first kappa shape index (κ1) is 22.2. The molecule has 35 heavy (non-hydrogen) atoms.